The predicted octanol–water partition coefficient (Wildman–Crippen LogP) is 4.23. The van der Waals surface area contributed by atoms with Gasteiger partial charge in [0.2, 0.25) is 11.7 Å². The van der Waals surface area contributed by atoms with Crippen LogP contribution in [0.1, 0.15) is 49.6 Å². The van der Waals surface area contributed by atoms with E-state index in [1.807, 2.05) is 42.5 Å². The summed E-state index contributed by atoms with van der Waals surface area (Å²) in [5, 5.41) is 8.99. The Balaban J connectivity index is 1.51. The molecule has 43 heavy (non-hydrogen) atoms. The van der Waals surface area contributed by atoms with Crippen molar-refractivity contribution in [3.05, 3.63) is 103 Å². The number of halogens is 1. The number of allylic oxidation sites excluding steroid dienone is 1. The fourth-order valence-corrected chi connectivity index (χ4v) is 5.90. The molecule has 2 aromatic heterocycles. The molecule has 2 aromatic carbocycles. The highest BCUT2D eigenvalue weighted by Crippen LogP contribution is 2.29. The minimum atomic E-state index is -0.176. The molecule has 0 bridgehead atoms. The third-order valence-corrected chi connectivity index (χ3v) is 8.32. The Hall–Kier alpha value is -4.05. The molecule has 3 N–H and O–H groups in total. The van der Waals surface area contributed by atoms with Gasteiger partial charge in [0.1, 0.15) is 11.3 Å². The molecule has 9 nitrogen and oxygen atoms in total. The van der Waals surface area contributed by atoms with Crippen LogP contribution in [0, 0.1) is 6.92 Å². The van der Waals surface area contributed by atoms with Gasteiger partial charge in [-0.15, -0.1) is 0 Å². The van der Waals surface area contributed by atoms with E-state index < -0.39 is 0 Å². The monoisotopic (exact) mass is 598 g/mol. The summed E-state index contributed by atoms with van der Waals surface area (Å²) in [6.45, 7) is 6.09. The standard InChI is InChI=1S/C33H35ClN6O3/c1-3-23-7-8-25-16-28(27-10-9-24(17-29(27)34)31-36-20(2)43-39-31)33(41)40(19-22-6-4-5-21(15-22)18-35)32(25)38-30(23)37-26-11-13-42-14-12-26/h4-6,8-10,15-17,26,37H,3,7,11-14,18-19,35H2,1-2H3. The number of rotatable bonds is 8. The first-order valence-electron chi connectivity index (χ1n) is 14.7. The summed E-state index contributed by atoms with van der Waals surface area (Å²) in [7, 11) is 0. The Bertz CT molecular complexity index is 1870. The lowest BCUT2D eigenvalue weighted by molar-refractivity contribution is 0.0802. The summed E-state index contributed by atoms with van der Waals surface area (Å²) in [6.07, 6.45) is 5.57. The van der Waals surface area contributed by atoms with Crippen molar-refractivity contribution in [2.45, 2.75) is 58.7 Å². The molecule has 2 aliphatic rings. The number of nitrogens with two attached hydrogens (primary N) is 1. The van der Waals surface area contributed by atoms with Gasteiger partial charge in [-0.3, -0.25) is 9.36 Å². The Morgan fingerprint density at radius 3 is 2.63 bits per heavy atom. The molecule has 0 aliphatic carbocycles. The van der Waals surface area contributed by atoms with Crippen LogP contribution in [0.4, 0.5) is 0 Å². The lowest BCUT2D eigenvalue weighted by Gasteiger charge is -2.25. The summed E-state index contributed by atoms with van der Waals surface area (Å²) >= 11 is 6.83. The van der Waals surface area contributed by atoms with Crippen LogP contribution in [0.25, 0.3) is 28.6 Å². The Kier molecular flexibility index (Phi) is 8.56. The van der Waals surface area contributed by atoms with Crippen molar-refractivity contribution in [2.24, 2.45) is 10.7 Å². The van der Waals surface area contributed by atoms with Crippen LogP contribution in [0.5, 0.6) is 0 Å². The Labute approximate surface area is 254 Å². The van der Waals surface area contributed by atoms with Gasteiger partial charge in [0.15, 0.2) is 0 Å². The number of fused-ring (bicyclic) bond motifs is 1. The Morgan fingerprint density at radius 1 is 1.09 bits per heavy atom. The molecule has 0 atom stereocenters. The van der Waals surface area contributed by atoms with Gasteiger partial charge in [0, 0.05) is 59.7 Å². The molecule has 1 saturated heterocycles. The van der Waals surface area contributed by atoms with E-state index in [-0.39, 0.29) is 11.6 Å². The minimum Gasteiger partial charge on any atom is -0.381 e. The highest BCUT2D eigenvalue weighted by molar-refractivity contribution is 6.33. The van der Waals surface area contributed by atoms with Crippen LogP contribution in [0.2, 0.25) is 5.02 Å². The summed E-state index contributed by atoms with van der Waals surface area (Å²) < 4.78 is 12.5. The van der Waals surface area contributed by atoms with Crippen molar-refractivity contribution in [3.8, 4) is 22.5 Å². The van der Waals surface area contributed by atoms with E-state index in [2.05, 4.69) is 28.5 Å². The number of benzene rings is 2. The topological polar surface area (TPSA) is 121 Å². The van der Waals surface area contributed by atoms with E-state index >= 15 is 0 Å². The number of ether oxygens (including phenoxy) is 1. The summed E-state index contributed by atoms with van der Waals surface area (Å²) in [6, 6.07) is 15.6. The van der Waals surface area contributed by atoms with Gasteiger partial charge in [-0.25, -0.2) is 4.99 Å². The zero-order valence-corrected chi connectivity index (χ0v) is 25.2. The van der Waals surface area contributed by atoms with E-state index in [0.29, 0.717) is 52.0 Å². The smallest absolute Gasteiger partial charge is 0.260 e. The molecule has 6 rings (SSSR count). The molecule has 2 aliphatic heterocycles. The maximum Gasteiger partial charge on any atom is 0.260 e. The van der Waals surface area contributed by atoms with Crippen LogP contribution in [-0.4, -0.2) is 34.0 Å². The highest BCUT2D eigenvalue weighted by Gasteiger charge is 2.20. The molecule has 1 fully saturated rings. The maximum absolute atomic E-state index is 14.4. The average molecular weight is 599 g/mol. The van der Waals surface area contributed by atoms with E-state index in [0.717, 1.165) is 61.1 Å². The van der Waals surface area contributed by atoms with Crippen molar-refractivity contribution in [3.63, 3.8) is 0 Å². The molecule has 222 valence electrons. The average Bonchev–Trinajstić information content (AvgIpc) is 3.38. The summed E-state index contributed by atoms with van der Waals surface area (Å²) in [4.78, 5) is 23.9. The van der Waals surface area contributed by atoms with Crippen molar-refractivity contribution in [1.82, 2.24) is 20.0 Å². The molecule has 10 heteroatoms. The zero-order valence-electron chi connectivity index (χ0n) is 24.4. The molecule has 4 heterocycles. The third kappa shape index (κ3) is 6.20. The lowest BCUT2D eigenvalue weighted by Crippen LogP contribution is -2.45. The normalized spacial score (nSPS) is 15.4. The number of pyridine rings is 1. The first-order valence-corrected chi connectivity index (χ1v) is 15.1. The van der Waals surface area contributed by atoms with Gasteiger partial charge in [0.05, 0.1) is 6.54 Å². The van der Waals surface area contributed by atoms with Crippen molar-refractivity contribution in [1.29, 1.82) is 0 Å². The molecular weight excluding hydrogens is 564 g/mol. The second-order valence-corrected chi connectivity index (χ2v) is 11.3. The second-order valence-electron chi connectivity index (χ2n) is 10.9. The number of nitrogens with zero attached hydrogens (tertiary/aromatic N) is 4. The lowest BCUT2D eigenvalue weighted by atomic mass is 10.0. The molecule has 0 radical (unpaired) electrons. The van der Waals surface area contributed by atoms with Crippen LogP contribution < -0.4 is 27.3 Å². The van der Waals surface area contributed by atoms with Gasteiger partial charge in [-0.1, -0.05) is 66.2 Å². The molecule has 0 spiro atoms. The number of nitrogens with one attached hydrogen (secondary N) is 1. The minimum absolute atomic E-state index is 0.176. The Morgan fingerprint density at radius 2 is 1.91 bits per heavy atom. The zero-order chi connectivity index (χ0) is 29.9. The largest absolute Gasteiger partial charge is 0.381 e. The van der Waals surface area contributed by atoms with Gasteiger partial charge in [0.25, 0.3) is 5.56 Å². The quantitative estimate of drug-likeness (QED) is 0.311. The first kappa shape index (κ1) is 29.0. The van der Waals surface area contributed by atoms with E-state index in [4.69, 9.17) is 31.6 Å². The van der Waals surface area contributed by atoms with Gasteiger partial charge < -0.3 is 20.3 Å². The molecular formula is C33H35ClN6O3. The predicted molar refractivity (Wildman–Crippen MR) is 167 cm³/mol. The number of aryl methyl sites for hydroxylation is 1. The fourth-order valence-electron chi connectivity index (χ4n) is 5.62. The molecule has 4 aromatic rings. The summed E-state index contributed by atoms with van der Waals surface area (Å²) in [5.41, 5.74) is 11.4. The third-order valence-electron chi connectivity index (χ3n) is 8.01. The molecule has 0 saturated carbocycles. The summed E-state index contributed by atoms with van der Waals surface area (Å²) in [5.74, 6) is 1.76. The van der Waals surface area contributed by atoms with E-state index in [1.54, 1.807) is 17.6 Å². The van der Waals surface area contributed by atoms with Crippen LogP contribution in [-0.2, 0) is 17.8 Å². The van der Waals surface area contributed by atoms with E-state index in [1.165, 1.54) is 5.57 Å². The van der Waals surface area contributed by atoms with Crippen molar-refractivity contribution >= 4 is 17.7 Å². The van der Waals surface area contributed by atoms with Gasteiger partial charge >= 0.3 is 0 Å². The first-order chi connectivity index (χ1) is 20.9. The number of hydrogen-bond acceptors (Lipinski definition) is 8. The number of aromatic nitrogens is 3. The second kappa shape index (κ2) is 12.7. The van der Waals surface area contributed by atoms with Crippen LogP contribution >= 0.6 is 11.6 Å². The van der Waals surface area contributed by atoms with Crippen molar-refractivity contribution in [2.75, 3.05) is 13.2 Å². The van der Waals surface area contributed by atoms with Crippen molar-refractivity contribution < 1.29 is 9.26 Å². The highest BCUT2D eigenvalue weighted by atomic mass is 35.5. The van der Waals surface area contributed by atoms with E-state index in [9.17, 15) is 4.79 Å². The number of hydrogen-bond donors (Lipinski definition) is 2. The fraction of sp³-hybridized carbons (Fsp3) is 0.333. The van der Waals surface area contributed by atoms with Gasteiger partial charge in [-0.05, 0) is 54.5 Å². The van der Waals surface area contributed by atoms with Crippen LogP contribution in [0.3, 0.4) is 0 Å². The molecule has 0 amide bonds. The van der Waals surface area contributed by atoms with Crippen LogP contribution in [0.15, 0.2) is 74.2 Å². The maximum atomic E-state index is 14.4. The SMILES string of the molecule is CCC1=C(NC2CCOCC2)N=c2c(cc(-c3ccc(-c4noc(C)n4)cc3Cl)c(=O)n2Cc2cccc(CN)c2)=CC1. The van der Waals surface area contributed by atoms with Gasteiger partial charge in [-0.2, -0.15) is 4.98 Å². The molecule has 0 unspecified atom stereocenters.